The maximum Gasteiger partial charge on any atom is 0.102 e. The molecule has 142 valence electrons. The second-order valence-corrected chi connectivity index (χ2v) is 6.20. The van der Waals surface area contributed by atoms with Crippen LogP contribution in [0.2, 0.25) is 0 Å². The minimum Gasteiger partial charge on any atom is -0.340 e. The van der Waals surface area contributed by atoms with E-state index in [4.69, 9.17) is 0 Å². The molecule has 1 saturated carbocycles. The number of hydrogen-bond donors (Lipinski definition) is 1. The molecule has 1 atom stereocenters. The van der Waals surface area contributed by atoms with Gasteiger partial charge in [-0.05, 0) is 35.4 Å². The monoisotopic (exact) mass is 336 g/mol. The predicted molar refractivity (Wildman–Crippen MR) is 112 cm³/mol. The van der Waals surface area contributed by atoms with Crippen molar-refractivity contribution < 1.29 is 5.32 Å². The van der Waals surface area contributed by atoms with Gasteiger partial charge in [0.05, 0.1) is 6.04 Å². The maximum atomic E-state index is 2.53. The first-order chi connectivity index (χ1) is 11.6. The van der Waals surface area contributed by atoms with Gasteiger partial charge in [0.2, 0.25) is 0 Å². The Morgan fingerprint density at radius 3 is 1.92 bits per heavy atom. The molecule has 1 heteroatoms. The second-order valence-electron chi connectivity index (χ2n) is 6.20. The van der Waals surface area contributed by atoms with E-state index in [2.05, 4.69) is 51.2 Å². The highest BCUT2D eigenvalue weighted by Gasteiger charge is 2.25. The van der Waals surface area contributed by atoms with Crippen LogP contribution in [0.25, 0.3) is 0 Å². The van der Waals surface area contributed by atoms with E-state index in [0.29, 0.717) is 11.8 Å². The van der Waals surface area contributed by atoms with Crippen LogP contribution in [0.4, 0.5) is 0 Å². The van der Waals surface area contributed by atoms with E-state index in [-0.39, 0.29) is 0 Å². The van der Waals surface area contributed by atoms with Crippen molar-refractivity contribution in [2.75, 3.05) is 0 Å². The number of rotatable bonds is 6. The fourth-order valence-corrected chi connectivity index (χ4v) is 2.53. The number of hydrogen-bond acceptors (Lipinski definition) is 0. The Balaban J connectivity index is 0. The largest absolute Gasteiger partial charge is 0.340 e. The lowest BCUT2D eigenvalue weighted by Gasteiger charge is -2.16. The van der Waals surface area contributed by atoms with Crippen LogP contribution in [0.3, 0.4) is 0 Å². The highest BCUT2D eigenvalue weighted by atomic mass is 14.9. The molecular weight excluding hydrogens is 290 g/mol. The Bertz CT molecular complexity index is 391. The van der Waals surface area contributed by atoms with Gasteiger partial charge in [0.15, 0.2) is 0 Å². The first kappa shape index (κ1) is 25.4. The summed E-state index contributed by atoms with van der Waals surface area (Å²) in [4.78, 5) is 0. The predicted octanol–water partition coefficient (Wildman–Crippen LogP) is 6.63. The highest BCUT2D eigenvalue weighted by Crippen LogP contribution is 2.26. The Labute approximate surface area is 153 Å². The molecular formula is C23H46N+. The maximum absolute atomic E-state index is 2.53. The van der Waals surface area contributed by atoms with Crippen molar-refractivity contribution in [3.05, 3.63) is 34.9 Å². The molecule has 1 aromatic carbocycles. The van der Waals surface area contributed by atoms with Crippen LogP contribution in [-0.2, 0) is 6.54 Å². The number of quaternary nitrogens is 1. The lowest BCUT2D eigenvalue weighted by Crippen LogP contribution is -2.84. The van der Waals surface area contributed by atoms with Gasteiger partial charge in [-0.25, -0.2) is 0 Å². The van der Waals surface area contributed by atoms with Gasteiger partial charge in [0.1, 0.15) is 6.54 Å². The summed E-state index contributed by atoms with van der Waals surface area (Å²) in [6.07, 6.45) is 4.07. The summed E-state index contributed by atoms with van der Waals surface area (Å²) < 4.78 is 0. The van der Waals surface area contributed by atoms with Gasteiger partial charge >= 0.3 is 0 Å². The normalized spacial score (nSPS) is 13.6. The van der Waals surface area contributed by atoms with E-state index >= 15 is 0 Å². The average Bonchev–Trinajstić information content (AvgIpc) is 3.48. The molecule has 1 nitrogen and oxygen atoms in total. The summed E-state index contributed by atoms with van der Waals surface area (Å²) in [5, 5.41) is 2.53. The molecule has 1 aliphatic rings. The molecule has 0 aliphatic heterocycles. The highest BCUT2D eigenvalue weighted by molar-refractivity contribution is 5.35. The summed E-state index contributed by atoms with van der Waals surface area (Å²) in [6, 6.07) is 8.08. The Kier molecular flexibility index (Phi) is 16.6. The minimum absolute atomic E-state index is 0.638. The Hall–Kier alpha value is -0.820. The lowest BCUT2D eigenvalue weighted by atomic mass is 9.90. The smallest absolute Gasteiger partial charge is 0.102 e. The molecule has 0 saturated heterocycles. The molecule has 2 rings (SSSR count). The molecule has 0 spiro atoms. The van der Waals surface area contributed by atoms with Crippen LogP contribution in [0.1, 0.15) is 117 Å². The van der Waals surface area contributed by atoms with Crippen molar-refractivity contribution >= 4 is 0 Å². The molecule has 1 fully saturated rings. The summed E-state index contributed by atoms with van der Waals surface area (Å²) >= 11 is 0. The topological polar surface area (TPSA) is 16.6 Å². The van der Waals surface area contributed by atoms with Crippen molar-refractivity contribution in [3.63, 3.8) is 0 Å². The van der Waals surface area contributed by atoms with E-state index in [0.717, 1.165) is 6.04 Å². The summed E-state index contributed by atoms with van der Waals surface area (Å²) in [5.41, 5.74) is 4.62. The minimum atomic E-state index is 0.638. The third-order valence-corrected chi connectivity index (χ3v) is 4.26. The van der Waals surface area contributed by atoms with Crippen LogP contribution in [0.15, 0.2) is 18.2 Å². The number of nitrogens with two attached hydrogens (primary N) is 1. The number of benzene rings is 1. The van der Waals surface area contributed by atoms with Gasteiger partial charge < -0.3 is 5.32 Å². The summed E-state index contributed by atoms with van der Waals surface area (Å²) in [5.74, 6) is 1.32. The molecule has 0 amide bonds. The molecule has 0 radical (unpaired) electrons. The lowest BCUT2D eigenvalue weighted by molar-refractivity contribution is -0.683. The van der Waals surface area contributed by atoms with Gasteiger partial charge in [0, 0.05) is 18.4 Å². The zero-order valence-electron chi connectivity index (χ0n) is 18.4. The van der Waals surface area contributed by atoms with Gasteiger partial charge in [-0.15, -0.1) is 0 Å². The molecule has 1 unspecified atom stereocenters. The molecule has 1 aromatic rings. The molecule has 24 heavy (non-hydrogen) atoms. The molecule has 1 aliphatic carbocycles. The van der Waals surface area contributed by atoms with E-state index in [9.17, 15) is 0 Å². The van der Waals surface area contributed by atoms with E-state index < -0.39 is 0 Å². The first-order valence-electron chi connectivity index (χ1n) is 10.6. The zero-order chi connectivity index (χ0) is 19.1. The molecule has 0 bridgehead atoms. The van der Waals surface area contributed by atoms with Crippen molar-refractivity contribution in [1.29, 1.82) is 0 Å². The second kappa shape index (κ2) is 15.7. The fraction of sp³-hybridized carbons (Fsp3) is 0.739. The zero-order valence-corrected chi connectivity index (χ0v) is 18.4. The molecule has 2 N–H and O–H groups in total. The van der Waals surface area contributed by atoms with E-state index in [1.165, 1.54) is 31.4 Å². The van der Waals surface area contributed by atoms with Crippen molar-refractivity contribution in [2.24, 2.45) is 0 Å². The van der Waals surface area contributed by atoms with Crippen LogP contribution >= 0.6 is 0 Å². The van der Waals surface area contributed by atoms with Gasteiger partial charge in [0.25, 0.3) is 0 Å². The standard InChI is InChI=1S/C17H27N.3C2H6/c1-5-13(4)14-6-9-17(12(2)3)15(10-14)11-18-16-7-8-16;3*1-2/h6,9-10,12-13,16,18H,5,7-8,11H2,1-4H3;3*1-2H3/p+1. The quantitative estimate of drug-likeness (QED) is 0.600. The molecule has 0 heterocycles. The molecule has 0 aromatic heterocycles. The fourth-order valence-electron chi connectivity index (χ4n) is 2.53. The third-order valence-electron chi connectivity index (χ3n) is 4.26. The van der Waals surface area contributed by atoms with Crippen LogP contribution < -0.4 is 5.32 Å². The average molecular weight is 337 g/mol. The van der Waals surface area contributed by atoms with Crippen molar-refractivity contribution in [2.45, 2.75) is 113 Å². The summed E-state index contributed by atoms with van der Waals surface area (Å²) in [7, 11) is 0. The Morgan fingerprint density at radius 1 is 0.958 bits per heavy atom. The van der Waals surface area contributed by atoms with Crippen LogP contribution in [-0.4, -0.2) is 6.04 Å². The SMILES string of the molecule is CC.CC.CC.CCC(C)c1ccc(C(C)C)c(C[NH2+]C2CC2)c1. The van der Waals surface area contributed by atoms with Crippen molar-refractivity contribution in [1.82, 2.24) is 0 Å². The third kappa shape index (κ3) is 9.47. The van der Waals surface area contributed by atoms with Gasteiger partial charge in [-0.1, -0.05) is 81.4 Å². The summed E-state index contributed by atoms with van der Waals surface area (Å²) in [6.45, 7) is 22.4. The first-order valence-corrected chi connectivity index (χ1v) is 10.6. The van der Waals surface area contributed by atoms with Crippen LogP contribution in [0.5, 0.6) is 0 Å². The van der Waals surface area contributed by atoms with E-state index in [1.54, 1.807) is 11.1 Å². The van der Waals surface area contributed by atoms with Crippen LogP contribution in [0, 0.1) is 0 Å². The van der Waals surface area contributed by atoms with Crippen molar-refractivity contribution in [3.8, 4) is 0 Å². The Morgan fingerprint density at radius 2 is 1.50 bits per heavy atom. The van der Waals surface area contributed by atoms with Gasteiger partial charge in [-0.2, -0.15) is 0 Å². The van der Waals surface area contributed by atoms with Gasteiger partial charge in [-0.3, -0.25) is 0 Å². The van der Waals surface area contributed by atoms with E-state index in [1.807, 2.05) is 41.5 Å².